The number of nitrogens with one attached hydrogen (secondary N) is 1. The Balaban J connectivity index is 1.47. The zero-order chi connectivity index (χ0) is 21.8. The lowest BCUT2D eigenvalue weighted by atomic mass is 10.1. The average molecular weight is 436 g/mol. The number of para-hydroxylation sites is 1. The minimum atomic E-state index is -1.27. The van der Waals surface area contributed by atoms with Crippen molar-refractivity contribution in [2.75, 3.05) is 5.32 Å². The van der Waals surface area contributed by atoms with Gasteiger partial charge in [-0.3, -0.25) is 0 Å². The number of halogens is 1. The quantitative estimate of drug-likeness (QED) is 0.523. The van der Waals surface area contributed by atoms with Gasteiger partial charge in [0.2, 0.25) is 0 Å². The third kappa shape index (κ3) is 4.70. The molecule has 0 aliphatic carbocycles. The monoisotopic (exact) mass is 435 g/mol. The summed E-state index contributed by atoms with van der Waals surface area (Å²) in [4.78, 5) is 24.5. The number of benzene rings is 3. The molecule has 6 nitrogen and oxygen atoms in total. The van der Waals surface area contributed by atoms with Gasteiger partial charge in [0.05, 0.1) is 5.56 Å². The molecule has 4 rings (SSSR count). The summed E-state index contributed by atoms with van der Waals surface area (Å²) in [5.74, 6) is -0.0333. The van der Waals surface area contributed by atoms with Crippen LogP contribution in [0.2, 0.25) is 0 Å². The second kappa shape index (κ2) is 8.93. The summed E-state index contributed by atoms with van der Waals surface area (Å²) in [6, 6.07) is 23.4. The van der Waals surface area contributed by atoms with Crippen LogP contribution in [0, 0.1) is 6.92 Å². The number of esters is 2. The van der Waals surface area contributed by atoms with Gasteiger partial charge in [0.15, 0.2) is 5.03 Å². The van der Waals surface area contributed by atoms with Crippen LogP contribution in [-0.4, -0.2) is 18.2 Å². The maximum atomic E-state index is 12.5. The number of rotatable bonds is 6. The molecule has 0 fully saturated rings. The fourth-order valence-corrected chi connectivity index (χ4v) is 3.15. The fraction of sp³-hybridized carbons (Fsp3) is 0.0833. The Hall–Kier alpha value is -3.77. The first-order valence-electron chi connectivity index (χ1n) is 9.48. The molecule has 0 spiro atoms. The third-order valence-corrected chi connectivity index (χ3v) is 4.91. The molecular formula is C24H18ClNO5. The molecular weight excluding hydrogens is 418 g/mol. The maximum Gasteiger partial charge on any atom is 0.355 e. The number of carbonyl (C=O) groups excluding carboxylic acids is 2. The van der Waals surface area contributed by atoms with Crippen molar-refractivity contribution in [3.63, 3.8) is 0 Å². The lowest BCUT2D eigenvalue weighted by Crippen LogP contribution is -2.24. The number of carbonyl (C=O) groups is 2. The van der Waals surface area contributed by atoms with E-state index in [1.807, 2.05) is 36.4 Å². The minimum Gasteiger partial charge on any atom is -0.457 e. The van der Waals surface area contributed by atoms with E-state index in [0.29, 0.717) is 22.7 Å². The first-order valence-corrected chi connectivity index (χ1v) is 9.86. The molecule has 7 heteroatoms. The van der Waals surface area contributed by atoms with Crippen molar-refractivity contribution in [1.29, 1.82) is 0 Å². The van der Waals surface area contributed by atoms with Gasteiger partial charge in [-0.2, -0.15) is 0 Å². The van der Waals surface area contributed by atoms with Gasteiger partial charge in [-0.05, 0) is 55.0 Å². The van der Waals surface area contributed by atoms with E-state index in [1.165, 1.54) is 0 Å². The van der Waals surface area contributed by atoms with Crippen LogP contribution in [-0.2, 0) is 14.3 Å². The molecule has 156 valence electrons. The largest absolute Gasteiger partial charge is 0.457 e. The smallest absolute Gasteiger partial charge is 0.355 e. The van der Waals surface area contributed by atoms with E-state index in [9.17, 15) is 9.59 Å². The molecule has 0 unspecified atom stereocenters. The van der Waals surface area contributed by atoms with E-state index < -0.39 is 18.2 Å². The summed E-state index contributed by atoms with van der Waals surface area (Å²) in [6.07, 6.45) is -1.27. The number of cyclic esters (lactones) is 1. The summed E-state index contributed by atoms with van der Waals surface area (Å²) in [7, 11) is 0. The molecule has 0 saturated heterocycles. The molecule has 0 aromatic heterocycles. The van der Waals surface area contributed by atoms with Crippen molar-refractivity contribution in [2.24, 2.45) is 0 Å². The zero-order valence-electron chi connectivity index (χ0n) is 16.5. The van der Waals surface area contributed by atoms with Gasteiger partial charge < -0.3 is 19.5 Å². The molecule has 1 N–H and O–H groups in total. The van der Waals surface area contributed by atoms with E-state index in [1.54, 1.807) is 49.4 Å². The molecule has 1 aliphatic heterocycles. The van der Waals surface area contributed by atoms with Crippen molar-refractivity contribution in [3.05, 3.63) is 101 Å². The Morgan fingerprint density at radius 3 is 2.29 bits per heavy atom. The number of anilines is 1. The van der Waals surface area contributed by atoms with E-state index in [0.717, 1.165) is 5.56 Å². The number of aryl methyl sites for hydroxylation is 1. The Labute approximate surface area is 184 Å². The molecule has 0 saturated carbocycles. The lowest BCUT2D eigenvalue weighted by Gasteiger charge is -2.17. The van der Waals surface area contributed by atoms with Crippen LogP contribution >= 0.6 is 11.6 Å². The lowest BCUT2D eigenvalue weighted by molar-refractivity contribution is -0.152. The highest BCUT2D eigenvalue weighted by Gasteiger charge is 2.36. The van der Waals surface area contributed by atoms with Gasteiger partial charge >= 0.3 is 11.9 Å². The highest BCUT2D eigenvalue weighted by atomic mass is 35.5. The Kier molecular flexibility index (Phi) is 5.91. The number of ether oxygens (including phenoxy) is 3. The van der Waals surface area contributed by atoms with Gasteiger partial charge in [-0.25, -0.2) is 9.59 Å². The second-order valence-electron chi connectivity index (χ2n) is 6.75. The summed E-state index contributed by atoms with van der Waals surface area (Å²) in [5.41, 5.74) is 1.90. The maximum absolute atomic E-state index is 12.5. The standard InChI is InChI=1S/C24H18ClNO5/c1-15-7-5-6-10-19(15)22(27)30-24-21(20(25)23(28)31-24)26-16-11-13-18(14-12-16)29-17-8-3-2-4-9-17/h2-14,24,26H,1H3/t24-/m0/s1. The molecule has 3 aromatic rings. The number of hydrogen-bond donors (Lipinski definition) is 1. The topological polar surface area (TPSA) is 73.9 Å². The minimum absolute atomic E-state index is 0.158. The zero-order valence-corrected chi connectivity index (χ0v) is 17.3. The van der Waals surface area contributed by atoms with E-state index in [-0.39, 0.29) is 10.7 Å². The summed E-state index contributed by atoms with van der Waals surface area (Å²) in [6.45, 7) is 1.79. The van der Waals surface area contributed by atoms with E-state index in [2.05, 4.69) is 5.32 Å². The molecule has 31 heavy (non-hydrogen) atoms. The van der Waals surface area contributed by atoms with Gasteiger partial charge in [-0.15, -0.1) is 0 Å². The van der Waals surface area contributed by atoms with Crippen LogP contribution in [0.5, 0.6) is 11.5 Å². The highest BCUT2D eigenvalue weighted by Crippen LogP contribution is 2.30. The Bertz CT molecular complexity index is 1140. The molecule has 1 atom stereocenters. The SMILES string of the molecule is Cc1ccccc1C(=O)O[C@H]1OC(=O)C(Cl)=C1Nc1ccc(Oc2ccccc2)cc1. The average Bonchev–Trinajstić information content (AvgIpc) is 3.03. The van der Waals surface area contributed by atoms with Crippen LogP contribution in [0.4, 0.5) is 5.69 Å². The molecule has 1 heterocycles. The molecule has 0 radical (unpaired) electrons. The Morgan fingerprint density at radius 2 is 1.58 bits per heavy atom. The number of hydrogen-bond acceptors (Lipinski definition) is 6. The van der Waals surface area contributed by atoms with Gasteiger partial charge in [-0.1, -0.05) is 48.0 Å². The van der Waals surface area contributed by atoms with Gasteiger partial charge in [0, 0.05) is 5.69 Å². The fourth-order valence-electron chi connectivity index (χ4n) is 2.97. The van der Waals surface area contributed by atoms with Crippen molar-refractivity contribution in [2.45, 2.75) is 13.2 Å². The van der Waals surface area contributed by atoms with Crippen LogP contribution in [0.15, 0.2) is 89.6 Å². The van der Waals surface area contributed by atoms with Gasteiger partial charge in [0.25, 0.3) is 6.29 Å². The first-order chi connectivity index (χ1) is 15.0. The van der Waals surface area contributed by atoms with E-state index in [4.69, 9.17) is 25.8 Å². The predicted molar refractivity (Wildman–Crippen MR) is 116 cm³/mol. The summed E-state index contributed by atoms with van der Waals surface area (Å²) < 4.78 is 16.3. The van der Waals surface area contributed by atoms with Crippen molar-refractivity contribution in [1.82, 2.24) is 0 Å². The molecule has 0 amide bonds. The van der Waals surface area contributed by atoms with Crippen LogP contribution in [0.25, 0.3) is 0 Å². The predicted octanol–water partition coefficient (Wildman–Crippen LogP) is 5.39. The molecule has 1 aliphatic rings. The third-order valence-electron chi connectivity index (χ3n) is 4.56. The Morgan fingerprint density at radius 1 is 0.935 bits per heavy atom. The normalized spacial score (nSPS) is 15.4. The van der Waals surface area contributed by atoms with Crippen LogP contribution in [0.3, 0.4) is 0 Å². The van der Waals surface area contributed by atoms with Crippen molar-refractivity contribution < 1.29 is 23.8 Å². The van der Waals surface area contributed by atoms with Crippen molar-refractivity contribution >= 4 is 29.2 Å². The van der Waals surface area contributed by atoms with Crippen LogP contribution < -0.4 is 10.1 Å². The first kappa shape index (κ1) is 20.5. The van der Waals surface area contributed by atoms with Crippen molar-refractivity contribution in [3.8, 4) is 11.5 Å². The molecule has 0 bridgehead atoms. The van der Waals surface area contributed by atoms with Gasteiger partial charge in [0.1, 0.15) is 17.2 Å². The highest BCUT2D eigenvalue weighted by molar-refractivity contribution is 6.42. The molecule has 3 aromatic carbocycles. The van der Waals surface area contributed by atoms with E-state index >= 15 is 0 Å². The summed E-state index contributed by atoms with van der Waals surface area (Å²) in [5, 5.41) is 2.83. The summed E-state index contributed by atoms with van der Waals surface area (Å²) >= 11 is 6.10. The van der Waals surface area contributed by atoms with Crippen LogP contribution in [0.1, 0.15) is 15.9 Å². The second-order valence-corrected chi connectivity index (χ2v) is 7.13.